The Labute approximate surface area is 133 Å². The molecule has 0 aliphatic heterocycles. The Hall–Kier alpha value is -2.01. The van der Waals surface area contributed by atoms with E-state index in [0.29, 0.717) is 17.8 Å². The van der Waals surface area contributed by atoms with Crippen LogP contribution in [-0.2, 0) is 6.54 Å². The topological polar surface area (TPSA) is 58.4 Å². The van der Waals surface area contributed by atoms with E-state index in [1.807, 2.05) is 49.3 Å². The zero-order valence-electron chi connectivity index (χ0n) is 12.1. The molecule has 0 saturated carbocycles. The van der Waals surface area contributed by atoms with Gasteiger partial charge in [0.1, 0.15) is 0 Å². The molecule has 0 aliphatic carbocycles. The number of nitrogens with zero attached hydrogens (tertiary/aromatic N) is 1. The standard InChI is InChI=1S/C16H18BrN3O/c1-20(2)15-8-7-13(18)9-14(15)16(21)19-10-11-3-5-12(17)6-4-11/h3-9H,10,18H2,1-2H3,(H,19,21). The van der Waals surface area contributed by atoms with Gasteiger partial charge < -0.3 is 16.0 Å². The molecule has 0 bridgehead atoms. The normalized spacial score (nSPS) is 10.2. The van der Waals surface area contributed by atoms with E-state index in [1.54, 1.807) is 12.1 Å². The molecule has 0 saturated heterocycles. The monoisotopic (exact) mass is 347 g/mol. The lowest BCUT2D eigenvalue weighted by molar-refractivity contribution is 0.0951. The number of halogens is 1. The van der Waals surface area contributed by atoms with Gasteiger partial charge in [0, 0.05) is 36.5 Å². The molecule has 2 aromatic rings. The van der Waals surface area contributed by atoms with Crippen molar-refractivity contribution in [1.82, 2.24) is 5.32 Å². The fourth-order valence-corrected chi connectivity index (χ4v) is 2.27. The van der Waals surface area contributed by atoms with Crippen LogP contribution in [0.15, 0.2) is 46.9 Å². The van der Waals surface area contributed by atoms with Crippen LogP contribution in [0.2, 0.25) is 0 Å². The molecule has 0 radical (unpaired) electrons. The number of carbonyl (C=O) groups is 1. The molecular formula is C16H18BrN3O. The molecule has 0 heterocycles. The predicted molar refractivity (Wildman–Crippen MR) is 90.5 cm³/mol. The zero-order chi connectivity index (χ0) is 15.4. The van der Waals surface area contributed by atoms with Crippen molar-refractivity contribution in [3.63, 3.8) is 0 Å². The minimum atomic E-state index is -0.131. The van der Waals surface area contributed by atoms with Gasteiger partial charge in [0.2, 0.25) is 0 Å². The molecule has 110 valence electrons. The quantitative estimate of drug-likeness (QED) is 0.835. The van der Waals surface area contributed by atoms with Gasteiger partial charge >= 0.3 is 0 Å². The van der Waals surface area contributed by atoms with Crippen LogP contribution in [0.25, 0.3) is 0 Å². The smallest absolute Gasteiger partial charge is 0.253 e. The Morgan fingerprint density at radius 3 is 2.48 bits per heavy atom. The molecule has 0 aliphatic rings. The molecule has 4 nitrogen and oxygen atoms in total. The highest BCUT2D eigenvalue weighted by atomic mass is 79.9. The van der Waals surface area contributed by atoms with Crippen molar-refractivity contribution < 1.29 is 4.79 Å². The summed E-state index contributed by atoms with van der Waals surface area (Å²) in [5.41, 5.74) is 8.83. The first-order chi connectivity index (χ1) is 9.97. The summed E-state index contributed by atoms with van der Waals surface area (Å²) in [5, 5.41) is 2.92. The van der Waals surface area contributed by atoms with Gasteiger partial charge in [0.15, 0.2) is 0 Å². The molecule has 2 aromatic carbocycles. The molecule has 21 heavy (non-hydrogen) atoms. The van der Waals surface area contributed by atoms with E-state index >= 15 is 0 Å². The Morgan fingerprint density at radius 2 is 1.86 bits per heavy atom. The highest BCUT2D eigenvalue weighted by Gasteiger charge is 2.13. The van der Waals surface area contributed by atoms with E-state index in [1.165, 1.54) is 0 Å². The minimum absolute atomic E-state index is 0.131. The van der Waals surface area contributed by atoms with Crippen LogP contribution in [0.4, 0.5) is 11.4 Å². The second kappa shape index (κ2) is 6.63. The number of carbonyl (C=O) groups excluding carboxylic acids is 1. The molecular weight excluding hydrogens is 330 g/mol. The van der Waals surface area contributed by atoms with Crippen molar-refractivity contribution >= 4 is 33.2 Å². The molecule has 3 N–H and O–H groups in total. The summed E-state index contributed by atoms with van der Waals surface area (Å²) in [5.74, 6) is -0.131. The van der Waals surface area contributed by atoms with Crippen molar-refractivity contribution in [3.05, 3.63) is 58.1 Å². The van der Waals surface area contributed by atoms with Crippen LogP contribution in [0.3, 0.4) is 0 Å². The Bertz CT molecular complexity index is 638. The van der Waals surface area contributed by atoms with Gasteiger partial charge in [-0.2, -0.15) is 0 Å². The molecule has 0 spiro atoms. The van der Waals surface area contributed by atoms with Crippen LogP contribution in [-0.4, -0.2) is 20.0 Å². The van der Waals surface area contributed by atoms with Gasteiger partial charge in [-0.3, -0.25) is 4.79 Å². The van der Waals surface area contributed by atoms with E-state index in [-0.39, 0.29) is 5.91 Å². The summed E-state index contributed by atoms with van der Waals surface area (Å²) in [6.07, 6.45) is 0. The second-order valence-corrected chi connectivity index (χ2v) is 5.90. The van der Waals surface area contributed by atoms with Gasteiger partial charge in [0.05, 0.1) is 5.56 Å². The number of nitrogens with one attached hydrogen (secondary N) is 1. The van der Waals surface area contributed by atoms with Gasteiger partial charge in [-0.15, -0.1) is 0 Å². The minimum Gasteiger partial charge on any atom is -0.399 e. The highest BCUT2D eigenvalue weighted by molar-refractivity contribution is 9.10. The molecule has 2 rings (SSSR count). The lowest BCUT2D eigenvalue weighted by atomic mass is 10.1. The maximum Gasteiger partial charge on any atom is 0.253 e. The molecule has 0 unspecified atom stereocenters. The summed E-state index contributed by atoms with van der Waals surface area (Å²) < 4.78 is 1.02. The van der Waals surface area contributed by atoms with Crippen LogP contribution in [0.1, 0.15) is 15.9 Å². The van der Waals surface area contributed by atoms with Crippen molar-refractivity contribution in [3.8, 4) is 0 Å². The molecule has 0 fully saturated rings. The maximum absolute atomic E-state index is 12.4. The number of nitrogen functional groups attached to an aromatic ring is 1. The molecule has 5 heteroatoms. The average molecular weight is 348 g/mol. The first-order valence-corrected chi connectivity index (χ1v) is 7.36. The van der Waals surface area contributed by atoms with Crippen molar-refractivity contribution in [2.24, 2.45) is 0 Å². The number of hydrogen-bond acceptors (Lipinski definition) is 3. The zero-order valence-corrected chi connectivity index (χ0v) is 13.6. The van der Waals surface area contributed by atoms with E-state index in [9.17, 15) is 4.79 Å². The highest BCUT2D eigenvalue weighted by Crippen LogP contribution is 2.21. The van der Waals surface area contributed by atoms with E-state index < -0.39 is 0 Å². The van der Waals surface area contributed by atoms with Gasteiger partial charge in [-0.05, 0) is 35.9 Å². The average Bonchev–Trinajstić information content (AvgIpc) is 2.46. The lowest BCUT2D eigenvalue weighted by Gasteiger charge is -2.17. The summed E-state index contributed by atoms with van der Waals surface area (Å²) in [6, 6.07) is 13.2. The summed E-state index contributed by atoms with van der Waals surface area (Å²) in [7, 11) is 3.80. The third-order valence-electron chi connectivity index (χ3n) is 3.11. The third-order valence-corrected chi connectivity index (χ3v) is 3.64. The first kappa shape index (κ1) is 15.4. The van der Waals surface area contributed by atoms with Gasteiger partial charge in [-0.1, -0.05) is 28.1 Å². The van der Waals surface area contributed by atoms with Gasteiger partial charge in [0.25, 0.3) is 5.91 Å². The largest absolute Gasteiger partial charge is 0.399 e. The number of hydrogen-bond donors (Lipinski definition) is 2. The first-order valence-electron chi connectivity index (χ1n) is 6.57. The van der Waals surface area contributed by atoms with Crippen LogP contribution < -0.4 is 16.0 Å². The van der Waals surface area contributed by atoms with E-state index in [4.69, 9.17) is 5.73 Å². The van der Waals surface area contributed by atoms with Crippen LogP contribution >= 0.6 is 15.9 Å². The van der Waals surface area contributed by atoms with Gasteiger partial charge in [-0.25, -0.2) is 0 Å². The SMILES string of the molecule is CN(C)c1ccc(N)cc1C(=O)NCc1ccc(Br)cc1. The molecule has 0 aromatic heterocycles. The Kier molecular flexibility index (Phi) is 4.85. The molecule has 0 atom stereocenters. The van der Waals surface area contributed by atoms with Crippen molar-refractivity contribution in [2.75, 3.05) is 24.7 Å². The Balaban J connectivity index is 2.13. The van der Waals surface area contributed by atoms with Crippen molar-refractivity contribution in [2.45, 2.75) is 6.54 Å². The number of benzene rings is 2. The Morgan fingerprint density at radius 1 is 1.19 bits per heavy atom. The third kappa shape index (κ3) is 3.98. The summed E-state index contributed by atoms with van der Waals surface area (Å²) in [6.45, 7) is 0.480. The van der Waals surface area contributed by atoms with E-state index in [2.05, 4.69) is 21.2 Å². The fourth-order valence-electron chi connectivity index (χ4n) is 2.01. The van der Waals surface area contributed by atoms with Crippen LogP contribution in [0, 0.1) is 0 Å². The maximum atomic E-state index is 12.4. The number of rotatable bonds is 4. The lowest BCUT2D eigenvalue weighted by Crippen LogP contribution is -2.25. The van der Waals surface area contributed by atoms with Crippen LogP contribution in [0.5, 0.6) is 0 Å². The van der Waals surface area contributed by atoms with Crippen molar-refractivity contribution in [1.29, 1.82) is 0 Å². The fraction of sp³-hybridized carbons (Fsp3) is 0.188. The number of anilines is 2. The predicted octanol–water partition coefficient (Wildman–Crippen LogP) is 3.03. The molecule has 1 amide bonds. The number of amides is 1. The van der Waals surface area contributed by atoms with E-state index in [0.717, 1.165) is 15.7 Å². The summed E-state index contributed by atoms with van der Waals surface area (Å²) in [4.78, 5) is 14.3. The summed E-state index contributed by atoms with van der Waals surface area (Å²) >= 11 is 3.39. The second-order valence-electron chi connectivity index (χ2n) is 4.98. The number of nitrogens with two attached hydrogens (primary N) is 1.